The quantitative estimate of drug-likeness (QED) is 0.468. The number of benzene rings is 2. The molecule has 1 aliphatic heterocycles. The highest BCUT2D eigenvalue weighted by molar-refractivity contribution is 5.97. The lowest BCUT2D eigenvalue weighted by Gasteiger charge is -2.35. The molecule has 0 aromatic heterocycles. The molecule has 0 bridgehead atoms. The van der Waals surface area contributed by atoms with E-state index in [1.807, 2.05) is 34.0 Å². The zero-order chi connectivity index (χ0) is 25.0. The van der Waals surface area contributed by atoms with Gasteiger partial charge in [-0.05, 0) is 74.7 Å². The van der Waals surface area contributed by atoms with E-state index < -0.39 is 17.9 Å². The molecule has 1 aliphatic rings. The van der Waals surface area contributed by atoms with Crippen LogP contribution in [0.15, 0.2) is 30.3 Å². The molecular weight excluding hydrogens is 446 g/mol. The summed E-state index contributed by atoms with van der Waals surface area (Å²) in [6, 6.07) is 7.64. The summed E-state index contributed by atoms with van der Waals surface area (Å²) < 4.78 is 55.1. The predicted molar refractivity (Wildman–Crippen MR) is 128 cm³/mol. The average molecular weight is 480 g/mol. The number of aryl methyl sites for hydroxylation is 2. The van der Waals surface area contributed by atoms with Crippen molar-refractivity contribution in [3.63, 3.8) is 0 Å². The third kappa shape index (κ3) is 5.90. The molecule has 0 spiro atoms. The first-order chi connectivity index (χ1) is 16.0. The van der Waals surface area contributed by atoms with E-state index in [-0.39, 0.29) is 12.2 Å². The highest BCUT2D eigenvalue weighted by Crippen LogP contribution is 2.35. The number of nitrogens with zero attached hydrogens (tertiary/aromatic N) is 3. The van der Waals surface area contributed by atoms with Crippen LogP contribution in [0.2, 0.25) is 0 Å². The monoisotopic (exact) mass is 479 g/mol. The lowest BCUT2D eigenvalue weighted by atomic mass is 9.94. The van der Waals surface area contributed by atoms with Crippen LogP contribution in [0.3, 0.4) is 0 Å². The van der Waals surface area contributed by atoms with E-state index in [4.69, 9.17) is 0 Å². The number of halogens is 4. The Balaban J connectivity index is 1.99. The van der Waals surface area contributed by atoms with E-state index in [2.05, 4.69) is 9.80 Å². The maximum atomic E-state index is 14.6. The van der Waals surface area contributed by atoms with Gasteiger partial charge < -0.3 is 14.7 Å². The maximum absolute atomic E-state index is 14.6. The van der Waals surface area contributed by atoms with Crippen LogP contribution in [0.25, 0.3) is 0 Å². The molecule has 1 amide bonds. The topological polar surface area (TPSA) is 26.8 Å². The van der Waals surface area contributed by atoms with Crippen molar-refractivity contribution in [1.29, 1.82) is 0 Å². The summed E-state index contributed by atoms with van der Waals surface area (Å²) in [6.07, 6.45) is -1.96. The summed E-state index contributed by atoms with van der Waals surface area (Å²) in [4.78, 5) is 17.4. The van der Waals surface area contributed by atoms with Crippen molar-refractivity contribution in [3.05, 3.63) is 58.4 Å². The predicted octanol–water partition coefficient (Wildman–Crippen LogP) is 5.50. The Morgan fingerprint density at radius 3 is 2.44 bits per heavy atom. The van der Waals surface area contributed by atoms with Crippen molar-refractivity contribution < 1.29 is 22.4 Å². The van der Waals surface area contributed by atoms with Crippen LogP contribution < -0.4 is 9.80 Å². The Bertz CT molecular complexity index is 1020. The van der Waals surface area contributed by atoms with Gasteiger partial charge in [-0.15, -0.1) is 0 Å². The molecule has 1 heterocycles. The van der Waals surface area contributed by atoms with E-state index in [0.29, 0.717) is 28.9 Å². The average Bonchev–Trinajstić information content (AvgIpc) is 2.77. The van der Waals surface area contributed by atoms with Crippen LogP contribution in [0.5, 0.6) is 0 Å². The van der Waals surface area contributed by atoms with E-state index in [1.165, 1.54) is 12.1 Å². The van der Waals surface area contributed by atoms with Gasteiger partial charge in [-0.1, -0.05) is 31.5 Å². The number of anilines is 2. The minimum absolute atomic E-state index is 0.0961. The lowest BCUT2D eigenvalue weighted by Crippen LogP contribution is -2.41. The third-order valence-electron chi connectivity index (χ3n) is 6.32. The molecule has 186 valence electrons. The molecular formula is C26H33F4N3O. The molecule has 8 heteroatoms. The first kappa shape index (κ1) is 26.0. The molecule has 2 aromatic carbocycles. The molecule has 0 saturated heterocycles. The fourth-order valence-corrected chi connectivity index (χ4v) is 4.51. The van der Waals surface area contributed by atoms with Crippen LogP contribution in [-0.2, 0) is 24.2 Å². The zero-order valence-electron chi connectivity index (χ0n) is 20.3. The van der Waals surface area contributed by atoms with Gasteiger partial charge in [-0.25, -0.2) is 4.39 Å². The Labute approximate surface area is 199 Å². The second kappa shape index (κ2) is 10.8. The fraction of sp³-hybridized carbons (Fsp3) is 0.500. The van der Waals surface area contributed by atoms with Gasteiger partial charge in [0.2, 0.25) is 0 Å². The minimum atomic E-state index is -5.07. The van der Waals surface area contributed by atoms with Gasteiger partial charge in [0.25, 0.3) is 0 Å². The molecule has 4 nitrogen and oxygen atoms in total. The van der Waals surface area contributed by atoms with Gasteiger partial charge in [0, 0.05) is 31.0 Å². The molecule has 0 atom stereocenters. The van der Waals surface area contributed by atoms with Crippen molar-refractivity contribution in [2.75, 3.05) is 43.5 Å². The molecule has 34 heavy (non-hydrogen) atoms. The van der Waals surface area contributed by atoms with Gasteiger partial charge in [-0.2, -0.15) is 13.2 Å². The number of alkyl halides is 3. The first-order valence-electron chi connectivity index (χ1n) is 11.7. The minimum Gasteiger partial charge on any atom is -0.370 e. The van der Waals surface area contributed by atoms with E-state index in [0.717, 1.165) is 55.4 Å². The number of carbonyl (C=O) groups is 1. The number of hydrogen-bond donors (Lipinski definition) is 0. The number of carbonyl (C=O) groups excluding carboxylic acids is 1. The molecule has 0 aliphatic carbocycles. The molecule has 0 N–H and O–H groups in total. The van der Waals surface area contributed by atoms with Crippen molar-refractivity contribution >= 4 is 17.3 Å². The number of likely N-dealkylation sites (N-methyl/N-ethyl adjacent to an activating group) is 1. The number of amides is 1. The summed E-state index contributed by atoms with van der Waals surface area (Å²) in [5.41, 5.74) is 4.00. The molecule has 0 unspecified atom stereocenters. The summed E-state index contributed by atoms with van der Waals surface area (Å²) in [5, 5.41) is 0. The van der Waals surface area contributed by atoms with Crippen molar-refractivity contribution in [2.24, 2.45) is 0 Å². The molecule has 2 aromatic rings. The summed E-state index contributed by atoms with van der Waals surface area (Å²) in [5.74, 6) is -2.60. The number of rotatable bonds is 8. The highest BCUT2D eigenvalue weighted by atomic mass is 19.4. The normalized spacial score (nSPS) is 13.9. The largest absolute Gasteiger partial charge is 0.471 e. The summed E-state index contributed by atoms with van der Waals surface area (Å²) in [7, 11) is 4.00. The van der Waals surface area contributed by atoms with Crippen molar-refractivity contribution in [3.8, 4) is 0 Å². The number of fused-ring (bicyclic) bond motifs is 1. The van der Waals surface area contributed by atoms with Gasteiger partial charge in [0.15, 0.2) is 0 Å². The number of hydrogen-bond acceptors (Lipinski definition) is 3. The van der Waals surface area contributed by atoms with Gasteiger partial charge >= 0.3 is 12.1 Å². The second-order valence-electron chi connectivity index (χ2n) is 9.17. The molecule has 3 rings (SSSR count). The molecule has 0 radical (unpaired) electrons. The SMILES string of the molecule is CCCc1ccc(N(Cc2ccc3c(c2C)N(CCN(C)C)CCC3)C(=O)C(F)(F)F)cc1F. The summed E-state index contributed by atoms with van der Waals surface area (Å²) in [6.45, 7) is 6.04. The van der Waals surface area contributed by atoms with Crippen LogP contribution >= 0.6 is 0 Å². The Morgan fingerprint density at radius 2 is 1.82 bits per heavy atom. The van der Waals surface area contributed by atoms with Gasteiger partial charge in [0.1, 0.15) is 5.82 Å². The smallest absolute Gasteiger partial charge is 0.370 e. The van der Waals surface area contributed by atoms with E-state index in [1.54, 1.807) is 6.07 Å². The lowest BCUT2D eigenvalue weighted by molar-refractivity contribution is -0.170. The van der Waals surface area contributed by atoms with E-state index >= 15 is 0 Å². The standard InChI is InChI=1S/C26H33F4N3O/c1-5-7-19-11-12-22(16-23(19)27)33(25(34)26(28,29)30)17-21-10-9-20-8-6-13-32(15-14-31(3)4)24(20)18(21)2/h9-12,16H,5-8,13-15,17H2,1-4H3. The first-order valence-corrected chi connectivity index (χ1v) is 11.7. The Kier molecular flexibility index (Phi) is 8.23. The van der Waals surface area contributed by atoms with Crippen molar-refractivity contribution in [2.45, 2.75) is 52.3 Å². The maximum Gasteiger partial charge on any atom is 0.471 e. The zero-order valence-corrected chi connectivity index (χ0v) is 20.3. The van der Waals surface area contributed by atoms with Gasteiger partial charge in [0.05, 0.1) is 6.54 Å². The Hall–Kier alpha value is -2.61. The van der Waals surface area contributed by atoms with Crippen LogP contribution in [-0.4, -0.2) is 50.7 Å². The molecule has 0 saturated carbocycles. The van der Waals surface area contributed by atoms with E-state index in [9.17, 15) is 22.4 Å². The Morgan fingerprint density at radius 1 is 1.12 bits per heavy atom. The molecule has 0 fully saturated rings. The van der Waals surface area contributed by atoms with Crippen LogP contribution in [0.4, 0.5) is 28.9 Å². The van der Waals surface area contributed by atoms with Crippen LogP contribution in [0.1, 0.15) is 42.0 Å². The highest BCUT2D eigenvalue weighted by Gasteiger charge is 2.43. The summed E-state index contributed by atoms with van der Waals surface area (Å²) >= 11 is 0. The van der Waals surface area contributed by atoms with Crippen molar-refractivity contribution in [1.82, 2.24) is 4.90 Å². The van der Waals surface area contributed by atoms with Crippen LogP contribution in [0, 0.1) is 12.7 Å². The third-order valence-corrected chi connectivity index (χ3v) is 6.32. The van der Waals surface area contributed by atoms with Gasteiger partial charge in [-0.3, -0.25) is 4.79 Å². The fourth-order valence-electron chi connectivity index (χ4n) is 4.51. The second-order valence-corrected chi connectivity index (χ2v) is 9.17.